The summed E-state index contributed by atoms with van der Waals surface area (Å²) in [6, 6.07) is 19.8. The number of benzene rings is 2. The van der Waals surface area contributed by atoms with Crippen LogP contribution in [0.1, 0.15) is 35.5 Å². The summed E-state index contributed by atoms with van der Waals surface area (Å²) in [7, 11) is 0. The fourth-order valence-corrected chi connectivity index (χ4v) is 3.21. The lowest BCUT2D eigenvalue weighted by Crippen LogP contribution is -2.21. The van der Waals surface area contributed by atoms with Crippen molar-refractivity contribution in [3.8, 4) is 0 Å². The Hall–Kier alpha value is -3.34. The van der Waals surface area contributed by atoms with Crippen LogP contribution in [0.5, 0.6) is 0 Å². The number of carbonyl (C=O) groups is 1. The maximum Gasteiger partial charge on any atom is 0.274 e. The molecular formula is C24H28N4O. The highest BCUT2D eigenvalue weighted by molar-refractivity contribution is 6.03. The Morgan fingerprint density at radius 2 is 1.69 bits per heavy atom. The molecule has 5 nitrogen and oxygen atoms in total. The Morgan fingerprint density at radius 1 is 0.966 bits per heavy atom. The van der Waals surface area contributed by atoms with Crippen molar-refractivity contribution in [1.82, 2.24) is 4.98 Å². The van der Waals surface area contributed by atoms with Gasteiger partial charge in [0, 0.05) is 42.9 Å². The number of hydrogen-bond donors (Lipinski definition) is 2. The minimum Gasteiger partial charge on any atom is -0.381 e. The molecule has 0 radical (unpaired) electrons. The topological polar surface area (TPSA) is 57.3 Å². The maximum absolute atomic E-state index is 12.6. The Morgan fingerprint density at radius 3 is 2.38 bits per heavy atom. The molecule has 0 aliphatic carbocycles. The number of nitrogens with zero attached hydrogens (tertiary/aromatic N) is 2. The van der Waals surface area contributed by atoms with Crippen molar-refractivity contribution < 1.29 is 4.79 Å². The highest BCUT2D eigenvalue weighted by atomic mass is 16.1. The molecule has 29 heavy (non-hydrogen) atoms. The summed E-state index contributed by atoms with van der Waals surface area (Å²) in [5.41, 5.74) is 5.61. The van der Waals surface area contributed by atoms with Gasteiger partial charge in [-0.05, 0) is 68.3 Å². The minimum absolute atomic E-state index is 0.222. The van der Waals surface area contributed by atoms with E-state index in [2.05, 4.69) is 53.4 Å². The second-order valence-electron chi connectivity index (χ2n) is 6.88. The van der Waals surface area contributed by atoms with Crippen LogP contribution in [0.15, 0.2) is 66.9 Å². The quantitative estimate of drug-likeness (QED) is 0.564. The first-order chi connectivity index (χ1) is 14.1. The van der Waals surface area contributed by atoms with E-state index in [-0.39, 0.29) is 5.91 Å². The van der Waals surface area contributed by atoms with Gasteiger partial charge in [0.2, 0.25) is 0 Å². The molecule has 1 amide bonds. The number of carbonyl (C=O) groups excluding carboxylic acids is 1. The number of aryl methyl sites for hydroxylation is 1. The predicted molar refractivity (Wildman–Crippen MR) is 121 cm³/mol. The van der Waals surface area contributed by atoms with Gasteiger partial charge in [0.15, 0.2) is 0 Å². The molecule has 0 spiro atoms. The lowest BCUT2D eigenvalue weighted by atomic mass is 10.1. The first kappa shape index (κ1) is 20.4. The summed E-state index contributed by atoms with van der Waals surface area (Å²) in [6.07, 6.45) is 1.65. The third kappa shape index (κ3) is 5.35. The van der Waals surface area contributed by atoms with Gasteiger partial charge < -0.3 is 15.5 Å². The van der Waals surface area contributed by atoms with Gasteiger partial charge in [0.1, 0.15) is 5.69 Å². The molecule has 5 heteroatoms. The van der Waals surface area contributed by atoms with Gasteiger partial charge in [-0.25, -0.2) is 0 Å². The van der Waals surface area contributed by atoms with Gasteiger partial charge in [0.25, 0.3) is 5.91 Å². The molecule has 0 saturated carbocycles. The lowest BCUT2D eigenvalue weighted by Gasteiger charge is -2.21. The molecule has 0 aliphatic rings. The van der Waals surface area contributed by atoms with Gasteiger partial charge >= 0.3 is 0 Å². The minimum atomic E-state index is -0.222. The molecule has 0 fully saturated rings. The van der Waals surface area contributed by atoms with Crippen molar-refractivity contribution in [2.75, 3.05) is 28.6 Å². The Bertz CT molecular complexity index is 949. The molecule has 1 aromatic heterocycles. The molecule has 150 valence electrons. The predicted octanol–water partition coefficient (Wildman–Crippen LogP) is 5.10. The average Bonchev–Trinajstić information content (AvgIpc) is 2.75. The number of pyridine rings is 1. The second kappa shape index (κ2) is 9.73. The first-order valence-corrected chi connectivity index (χ1v) is 10.0. The van der Waals surface area contributed by atoms with Crippen molar-refractivity contribution in [1.29, 1.82) is 0 Å². The van der Waals surface area contributed by atoms with Crippen molar-refractivity contribution >= 4 is 23.0 Å². The van der Waals surface area contributed by atoms with Crippen molar-refractivity contribution in [2.24, 2.45) is 0 Å². The van der Waals surface area contributed by atoms with E-state index in [4.69, 9.17) is 0 Å². The normalized spacial score (nSPS) is 10.4. The zero-order valence-electron chi connectivity index (χ0n) is 17.3. The molecule has 0 atom stereocenters. The highest BCUT2D eigenvalue weighted by Crippen LogP contribution is 2.19. The van der Waals surface area contributed by atoms with Gasteiger partial charge in [-0.3, -0.25) is 9.78 Å². The first-order valence-electron chi connectivity index (χ1n) is 10.0. The van der Waals surface area contributed by atoms with E-state index in [0.29, 0.717) is 12.2 Å². The maximum atomic E-state index is 12.6. The van der Waals surface area contributed by atoms with Crippen molar-refractivity contribution in [3.05, 3.63) is 83.7 Å². The van der Waals surface area contributed by atoms with Crippen LogP contribution >= 0.6 is 0 Å². The molecule has 2 N–H and O–H groups in total. The van der Waals surface area contributed by atoms with E-state index in [9.17, 15) is 4.79 Å². The zero-order chi connectivity index (χ0) is 20.6. The van der Waals surface area contributed by atoms with Crippen LogP contribution in [-0.2, 0) is 6.54 Å². The molecule has 3 rings (SSSR count). The summed E-state index contributed by atoms with van der Waals surface area (Å²) < 4.78 is 0. The molecule has 3 aromatic rings. The molecule has 0 saturated heterocycles. The zero-order valence-corrected chi connectivity index (χ0v) is 17.3. The van der Waals surface area contributed by atoms with E-state index in [0.717, 1.165) is 30.2 Å². The van der Waals surface area contributed by atoms with Crippen LogP contribution in [-0.4, -0.2) is 24.0 Å². The van der Waals surface area contributed by atoms with Gasteiger partial charge in [0.05, 0.1) is 0 Å². The summed E-state index contributed by atoms with van der Waals surface area (Å²) in [4.78, 5) is 19.1. The number of anilines is 3. The summed E-state index contributed by atoms with van der Waals surface area (Å²) in [5, 5.41) is 6.29. The van der Waals surface area contributed by atoms with Crippen LogP contribution < -0.4 is 15.5 Å². The van der Waals surface area contributed by atoms with E-state index >= 15 is 0 Å². The lowest BCUT2D eigenvalue weighted by molar-refractivity contribution is 0.102. The fourth-order valence-electron chi connectivity index (χ4n) is 3.21. The Balaban J connectivity index is 1.64. The van der Waals surface area contributed by atoms with E-state index < -0.39 is 0 Å². The van der Waals surface area contributed by atoms with E-state index in [1.165, 1.54) is 11.1 Å². The summed E-state index contributed by atoms with van der Waals surface area (Å²) in [6.45, 7) is 8.96. The fraction of sp³-hybridized carbons (Fsp3) is 0.250. The van der Waals surface area contributed by atoms with Crippen LogP contribution in [0.4, 0.5) is 17.1 Å². The number of aromatic nitrogens is 1. The SMILES string of the molecule is CCN(CC)c1ccc(NC(=O)c2cc(NCc3ccccc3C)ccn2)cc1. The molecule has 0 unspecified atom stereocenters. The van der Waals surface area contributed by atoms with Gasteiger partial charge in [-0.15, -0.1) is 0 Å². The van der Waals surface area contributed by atoms with Crippen molar-refractivity contribution in [2.45, 2.75) is 27.3 Å². The average molecular weight is 389 g/mol. The second-order valence-corrected chi connectivity index (χ2v) is 6.88. The standard InChI is InChI=1S/C24H28N4O/c1-4-28(5-2)22-12-10-20(11-13-22)27-24(29)23-16-21(14-15-25-23)26-17-19-9-7-6-8-18(19)3/h6-16H,4-5,17H2,1-3H3,(H,25,26)(H,27,29). The van der Waals surface area contributed by atoms with Crippen LogP contribution in [0.3, 0.4) is 0 Å². The highest BCUT2D eigenvalue weighted by Gasteiger charge is 2.09. The third-order valence-corrected chi connectivity index (χ3v) is 4.99. The number of rotatable bonds is 8. The largest absolute Gasteiger partial charge is 0.381 e. The van der Waals surface area contributed by atoms with E-state index in [1.54, 1.807) is 12.3 Å². The Kier molecular flexibility index (Phi) is 6.85. The Labute approximate surface area is 172 Å². The third-order valence-electron chi connectivity index (χ3n) is 4.99. The number of nitrogens with one attached hydrogen (secondary N) is 2. The molecule has 1 heterocycles. The summed E-state index contributed by atoms with van der Waals surface area (Å²) in [5.74, 6) is -0.222. The molecule has 0 aliphatic heterocycles. The van der Waals surface area contributed by atoms with Crippen molar-refractivity contribution in [3.63, 3.8) is 0 Å². The number of amides is 1. The molecule has 0 bridgehead atoms. The van der Waals surface area contributed by atoms with Crippen LogP contribution in [0, 0.1) is 6.92 Å². The monoisotopic (exact) mass is 388 g/mol. The molecule has 2 aromatic carbocycles. The summed E-state index contributed by atoms with van der Waals surface area (Å²) >= 11 is 0. The smallest absolute Gasteiger partial charge is 0.274 e. The van der Waals surface area contributed by atoms with Crippen LogP contribution in [0.2, 0.25) is 0 Å². The number of hydrogen-bond acceptors (Lipinski definition) is 4. The van der Waals surface area contributed by atoms with Crippen LogP contribution in [0.25, 0.3) is 0 Å². The van der Waals surface area contributed by atoms with Gasteiger partial charge in [-0.2, -0.15) is 0 Å². The molecular weight excluding hydrogens is 360 g/mol. The van der Waals surface area contributed by atoms with E-state index in [1.807, 2.05) is 42.5 Å². The van der Waals surface area contributed by atoms with Gasteiger partial charge in [-0.1, -0.05) is 24.3 Å².